The van der Waals surface area contributed by atoms with E-state index in [1.807, 2.05) is 20.8 Å². The molecule has 0 aliphatic carbocycles. The largest absolute Gasteiger partial charge is 0.391 e. The lowest BCUT2D eigenvalue weighted by molar-refractivity contribution is 0.0849. The molecule has 1 rings (SSSR count). The van der Waals surface area contributed by atoms with Crippen LogP contribution in [0.1, 0.15) is 50.6 Å². The molecule has 5 nitrogen and oxygen atoms in total. The Balaban J connectivity index is 2.69. The molecule has 5 heteroatoms. The second-order valence-electron chi connectivity index (χ2n) is 4.50. The van der Waals surface area contributed by atoms with E-state index in [-0.39, 0.29) is 18.0 Å². The Labute approximate surface area is 102 Å². The molecule has 0 aliphatic rings. The maximum Gasteiger partial charge on any atom is 0.272 e. The molecular weight excluding hydrogens is 218 g/mol. The molecule has 0 fully saturated rings. The maximum atomic E-state index is 11.9. The van der Waals surface area contributed by atoms with Gasteiger partial charge in [-0.15, -0.1) is 0 Å². The topological polar surface area (TPSA) is 67.2 Å². The summed E-state index contributed by atoms with van der Waals surface area (Å²) in [5.74, 6) is -0.239. The molecule has 0 unspecified atom stereocenters. The number of hydrogen-bond donors (Lipinski definition) is 2. The van der Waals surface area contributed by atoms with Crippen molar-refractivity contribution in [3.63, 3.8) is 0 Å². The van der Waals surface area contributed by atoms with Gasteiger partial charge in [-0.3, -0.25) is 9.48 Å². The standard InChI is InChI=1S/C12H21N3O2/c1-5-10(9(4)16)13-12(17)11-6-7-15(14-11)8(2)3/h6-10,16H,5H2,1-4H3,(H,13,17)/t9-,10-/m1/s1. The number of amides is 1. The summed E-state index contributed by atoms with van der Waals surface area (Å²) in [6.07, 6.45) is 1.91. The number of carbonyl (C=O) groups is 1. The number of carbonyl (C=O) groups excluding carboxylic acids is 1. The summed E-state index contributed by atoms with van der Waals surface area (Å²) in [4.78, 5) is 11.9. The zero-order valence-corrected chi connectivity index (χ0v) is 10.8. The maximum absolute atomic E-state index is 11.9. The van der Waals surface area contributed by atoms with E-state index in [2.05, 4.69) is 10.4 Å². The van der Waals surface area contributed by atoms with Crippen molar-refractivity contribution >= 4 is 5.91 Å². The quantitative estimate of drug-likeness (QED) is 0.815. The van der Waals surface area contributed by atoms with Crippen molar-refractivity contribution in [2.75, 3.05) is 0 Å². The molecular formula is C12H21N3O2. The lowest BCUT2D eigenvalue weighted by Crippen LogP contribution is -2.41. The van der Waals surface area contributed by atoms with Crippen LogP contribution in [-0.2, 0) is 0 Å². The predicted octanol–water partition coefficient (Wildman–Crippen LogP) is 1.35. The molecule has 0 bridgehead atoms. The monoisotopic (exact) mass is 239 g/mol. The summed E-state index contributed by atoms with van der Waals surface area (Å²) in [5, 5.41) is 16.4. The molecule has 1 heterocycles. The van der Waals surface area contributed by atoms with Gasteiger partial charge in [0, 0.05) is 12.2 Å². The SMILES string of the molecule is CC[C@@H](NC(=O)c1ccn(C(C)C)n1)[C@@H](C)O. The Morgan fingerprint density at radius 3 is 2.59 bits per heavy atom. The highest BCUT2D eigenvalue weighted by molar-refractivity contribution is 5.92. The van der Waals surface area contributed by atoms with Crippen LogP contribution in [0, 0.1) is 0 Å². The van der Waals surface area contributed by atoms with Gasteiger partial charge in [-0.25, -0.2) is 0 Å². The fraction of sp³-hybridized carbons (Fsp3) is 0.667. The zero-order chi connectivity index (χ0) is 13.0. The van der Waals surface area contributed by atoms with E-state index >= 15 is 0 Å². The number of rotatable bonds is 5. The van der Waals surface area contributed by atoms with Gasteiger partial charge < -0.3 is 10.4 Å². The third-order valence-electron chi connectivity index (χ3n) is 2.71. The lowest BCUT2D eigenvalue weighted by Gasteiger charge is -2.18. The molecule has 0 spiro atoms. The molecule has 17 heavy (non-hydrogen) atoms. The summed E-state index contributed by atoms with van der Waals surface area (Å²) in [7, 11) is 0. The zero-order valence-electron chi connectivity index (χ0n) is 10.8. The van der Waals surface area contributed by atoms with Crippen molar-refractivity contribution in [1.82, 2.24) is 15.1 Å². The van der Waals surface area contributed by atoms with Crippen LogP contribution < -0.4 is 5.32 Å². The molecule has 0 saturated heterocycles. The van der Waals surface area contributed by atoms with Gasteiger partial charge in [0.1, 0.15) is 5.69 Å². The van der Waals surface area contributed by atoms with E-state index in [1.54, 1.807) is 23.9 Å². The smallest absolute Gasteiger partial charge is 0.272 e. The highest BCUT2D eigenvalue weighted by atomic mass is 16.3. The predicted molar refractivity (Wildman–Crippen MR) is 65.8 cm³/mol. The first-order valence-electron chi connectivity index (χ1n) is 5.99. The Kier molecular flexibility index (Phi) is 4.69. The molecule has 2 N–H and O–H groups in total. The fourth-order valence-electron chi connectivity index (χ4n) is 1.55. The third kappa shape index (κ3) is 3.56. The molecule has 1 aromatic heterocycles. The van der Waals surface area contributed by atoms with Crippen molar-refractivity contribution in [2.45, 2.75) is 52.3 Å². The van der Waals surface area contributed by atoms with E-state index in [0.717, 1.165) is 0 Å². The summed E-state index contributed by atoms with van der Waals surface area (Å²) >= 11 is 0. The third-order valence-corrected chi connectivity index (χ3v) is 2.71. The van der Waals surface area contributed by atoms with Crippen LogP contribution in [-0.4, -0.2) is 32.9 Å². The minimum Gasteiger partial charge on any atom is -0.391 e. The van der Waals surface area contributed by atoms with Gasteiger partial charge in [0.15, 0.2) is 0 Å². The summed E-state index contributed by atoms with van der Waals surface area (Å²) < 4.78 is 1.73. The number of nitrogens with one attached hydrogen (secondary N) is 1. The minimum atomic E-state index is -0.559. The summed E-state index contributed by atoms with van der Waals surface area (Å²) in [6, 6.07) is 1.69. The summed E-state index contributed by atoms with van der Waals surface area (Å²) in [6.45, 7) is 7.59. The van der Waals surface area contributed by atoms with E-state index in [1.165, 1.54) is 0 Å². The van der Waals surface area contributed by atoms with Crippen molar-refractivity contribution in [3.05, 3.63) is 18.0 Å². The van der Waals surface area contributed by atoms with Crippen LogP contribution in [0.25, 0.3) is 0 Å². The highest BCUT2D eigenvalue weighted by Crippen LogP contribution is 2.05. The average Bonchev–Trinajstić information content (AvgIpc) is 2.74. The second-order valence-corrected chi connectivity index (χ2v) is 4.50. The van der Waals surface area contributed by atoms with Crippen LogP contribution in [0.3, 0.4) is 0 Å². The van der Waals surface area contributed by atoms with Crippen molar-refractivity contribution in [2.24, 2.45) is 0 Å². The molecule has 0 radical (unpaired) electrons. The number of aliphatic hydroxyl groups is 1. The van der Waals surface area contributed by atoms with Gasteiger partial charge in [-0.05, 0) is 33.3 Å². The first-order valence-corrected chi connectivity index (χ1v) is 5.99. The van der Waals surface area contributed by atoms with Crippen molar-refractivity contribution in [1.29, 1.82) is 0 Å². The number of aliphatic hydroxyl groups excluding tert-OH is 1. The normalized spacial score (nSPS) is 14.7. The van der Waals surface area contributed by atoms with Crippen LogP contribution >= 0.6 is 0 Å². The van der Waals surface area contributed by atoms with Crippen molar-refractivity contribution < 1.29 is 9.90 Å². The molecule has 0 saturated carbocycles. The minimum absolute atomic E-state index is 0.230. The van der Waals surface area contributed by atoms with Crippen LogP contribution in [0.2, 0.25) is 0 Å². The van der Waals surface area contributed by atoms with Gasteiger partial charge in [-0.2, -0.15) is 5.10 Å². The Bertz CT molecular complexity index is 372. The van der Waals surface area contributed by atoms with Gasteiger partial charge in [0.2, 0.25) is 0 Å². The number of nitrogens with zero attached hydrogens (tertiary/aromatic N) is 2. The molecule has 96 valence electrons. The first-order chi connectivity index (χ1) is 7.95. The Hall–Kier alpha value is -1.36. The number of aromatic nitrogens is 2. The van der Waals surface area contributed by atoms with E-state index in [9.17, 15) is 9.90 Å². The molecule has 0 aromatic carbocycles. The molecule has 2 atom stereocenters. The van der Waals surface area contributed by atoms with E-state index in [0.29, 0.717) is 12.1 Å². The van der Waals surface area contributed by atoms with Crippen molar-refractivity contribution in [3.8, 4) is 0 Å². The average molecular weight is 239 g/mol. The molecule has 0 aliphatic heterocycles. The molecule has 1 aromatic rings. The lowest BCUT2D eigenvalue weighted by atomic mass is 10.1. The van der Waals surface area contributed by atoms with Gasteiger partial charge in [-0.1, -0.05) is 6.92 Å². The number of hydrogen-bond acceptors (Lipinski definition) is 3. The Morgan fingerprint density at radius 1 is 1.53 bits per heavy atom. The fourth-order valence-corrected chi connectivity index (χ4v) is 1.55. The second kappa shape index (κ2) is 5.82. The van der Waals surface area contributed by atoms with E-state index < -0.39 is 6.10 Å². The summed E-state index contributed by atoms with van der Waals surface area (Å²) in [5.41, 5.74) is 0.387. The van der Waals surface area contributed by atoms with Crippen LogP contribution in [0.4, 0.5) is 0 Å². The van der Waals surface area contributed by atoms with Crippen LogP contribution in [0.5, 0.6) is 0 Å². The van der Waals surface area contributed by atoms with Gasteiger partial charge in [0.25, 0.3) is 5.91 Å². The van der Waals surface area contributed by atoms with Gasteiger partial charge in [0.05, 0.1) is 12.1 Å². The van der Waals surface area contributed by atoms with Gasteiger partial charge >= 0.3 is 0 Å². The Morgan fingerprint density at radius 2 is 2.18 bits per heavy atom. The van der Waals surface area contributed by atoms with Crippen LogP contribution in [0.15, 0.2) is 12.3 Å². The first kappa shape index (κ1) is 13.7. The van der Waals surface area contributed by atoms with E-state index in [4.69, 9.17) is 0 Å². The highest BCUT2D eigenvalue weighted by Gasteiger charge is 2.18. The molecule has 1 amide bonds.